The zero-order valence-corrected chi connectivity index (χ0v) is 28.3. The van der Waals surface area contributed by atoms with Gasteiger partial charge in [0.05, 0.1) is 6.04 Å². The fraction of sp³-hybridized carbons (Fsp3) is 0.0222. The molecule has 0 aliphatic rings. The third-order valence-corrected chi connectivity index (χ3v) is 11.7. The fourth-order valence-corrected chi connectivity index (χ4v) is 9.32. The third-order valence-electron chi connectivity index (χ3n) is 9.45. The van der Waals surface area contributed by atoms with Crippen molar-refractivity contribution >= 4 is 68.7 Å². The SMILES string of the molecule is N/C(=C\C(N)c1cc(-c2cccc3sc4ccccc4c23)cc(-c2cccc3sc4ccccc4c23)c1)c1ccc(-c2ccccc2)cc1. The molecule has 0 spiro atoms. The normalized spacial score (nSPS) is 12.7. The van der Waals surface area contributed by atoms with Gasteiger partial charge in [0.15, 0.2) is 0 Å². The Hall–Kier alpha value is -5.52. The van der Waals surface area contributed by atoms with E-state index in [0.29, 0.717) is 5.70 Å². The molecule has 4 heteroatoms. The quantitative estimate of drug-likeness (QED) is 0.186. The monoisotopic (exact) mass is 664 g/mol. The molecule has 0 fully saturated rings. The van der Waals surface area contributed by atoms with Crippen LogP contribution >= 0.6 is 22.7 Å². The summed E-state index contributed by atoms with van der Waals surface area (Å²) in [5, 5.41) is 5.13. The molecule has 0 amide bonds. The number of fused-ring (bicyclic) bond motifs is 6. The van der Waals surface area contributed by atoms with Gasteiger partial charge in [-0.05, 0) is 93.0 Å². The van der Waals surface area contributed by atoms with Crippen LogP contribution in [0.2, 0.25) is 0 Å². The highest BCUT2D eigenvalue weighted by Gasteiger charge is 2.17. The van der Waals surface area contributed by atoms with Gasteiger partial charge in [0.25, 0.3) is 0 Å². The first kappa shape index (κ1) is 29.6. The number of hydrogen-bond donors (Lipinski definition) is 2. The minimum absolute atomic E-state index is 0.413. The topological polar surface area (TPSA) is 52.0 Å². The van der Waals surface area contributed by atoms with Gasteiger partial charge < -0.3 is 11.5 Å². The molecule has 2 aromatic heterocycles. The fourth-order valence-electron chi connectivity index (χ4n) is 7.06. The van der Waals surface area contributed by atoms with Crippen molar-refractivity contribution in [1.29, 1.82) is 0 Å². The van der Waals surface area contributed by atoms with Gasteiger partial charge in [-0.15, -0.1) is 22.7 Å². The number of benzene rings is 7. The summed E-state index contributed by atoms with van der Waals surface area (Å²) in [5.74, 6) is 0. The Morgan fingerprint density at radius 1 is 0.469 bits per heavy atom. The molecule has 1 unspecified atom stereocenters. The lowest BCUT2D eigenvalue weighted by Crippen LogP contribution is -2.10. The lowest BCUT2D eigenvalue weighted by Gasteiger charge is -2.16. The molecule has 9 rings (SSSR count). The summed E-state index contributed by atoms with van der Waals surface area (Å²) in [6.07, 6.45) is 1.99. The van der Waals surface area contributed by atoms with E-state index < -0.39 is 6.04 Å². The second kappa shape index (κ2) is 12.2. The van der Waals surface area contributed by atoms with Crippen molar-refractivity contribution in [3.63, 3.8) is 0 Å². The lowest BCUT2D eigenvalue weighted by molar-refractivity contribution is 0.912. The largest absolute Gasteiger partial charge is 0.398 e. The van der Waals surface area contributed by atoms with E-state index in [1.54, 1.807) is 0 Å². The molecule has 2 nitrogen and oxygen atoms in total. The minimum atomic E-state index is -0.413. The molecule has 0 saturated heterocycles. The summed E-state index contributed by atoms with van der Waals surface area (Å²) in [6, 6.07) is 55.9. The van der Waals surface area contributed by atoms with E-state index in [0.717, 1.165) is 27.8 Å². The van der Waals surface area contributed by atoms with Crippen molar-refractivity contribution in [2.75, 3.05) is 0 Å². The molecule has 2 heterocycles. The molecule has 0 aliphatic heterocycles. The van der Waals surface area contributed by atoms with Crippen LogP contribution in [0.1, 0.15) is 17.2 Å². The zero-order chi connectivity index (χ0) is 32.9. The van der Waals surface area contributed by atoms with Gasteiger partial charge >= 0.3 is 0 Å². The molecule has 49 heavy (non-hydrogen) atoms. The van der Waals surface area contributed by atoms with E-state index in [-0.39, 0.29) is 0 Å². The lowest BCUT2D eigenvalue weighted by atomic mass is 9.90. The molecular formula is C45H32N2S2. The molecule has 1 atom stereocenters. The summed E-state index contributed by atoms with van der Waals surface area (Å²) in [5.41, 5.74) is 23.5. The van der Waals surface area contributed by atoms with E-state index in [9.17, 15) is 0 Å². The van der Waals surface area contributed by atoms with Gasteiger partial charge in [0.2, 0.25) is 0 Å². The predicted molar refractivity (Wildman–Crippen MR) is 214 cm³/mol. The van der Waals surface area contributed by atoms with Crippen LogP contribution in [0.15, 0.2) is 164 Å². The van der Waals surface area contributed by atoms with Crippen molar-refractivity contribution in [3.05, 3.63) is 175 Å². The standard InChI is InChI=1S/C45H32N2S2/c46-38(30-22-20-29(21-23-30)28-10-2-1-3-11-28)27-39(47)33-25-31(34-14-8-18-42-44(34)36-12-4-6-16-40(36)48-42)24-32(26-33)35-15-9-19-43-45(35)37-13-5-7-17-41(37)49-43/h1-27,39H,46-47H2/b38-27-. The molecule has 0 radical (unpaired) electrons. The number of thiophene rings is 2. The van der Waals surface area contributed by atoms with Crippen molar-refractivity contribution in [3.8, 4) is 33.4 Å². The van der Waals surface area contributed by atoms with Crippen LogP contribution in [0.4, 0.5) is 0 Å². The van der Waals surface area contributed by atoms with Crippen LogP contribution in [0, 0.1) is 0 Å². The Bertz CT molecular complexity index is 2550. The minimum Gasteiger partial charge on any atom is -0.398 e. The van der Waals surface area contributed by atoms with Crippen LogP contribution < -0.4 is 11.5 Å². The third kappa shape index (κ3) is 5.31. The van der Waals surface area contributed by atoms with Crippen LogP contribution in [0.5, 0.6) is 0 Å². The smallest absolute Gasteiger partial charge is 0.0504 e. The second-order valence-corrected chi connectivity index (χ2v) is 14.7. The molecule has 0 saturated carbocycles. The van der Waals surface area contributed by atoms with Gasteiger partial charge in [0, 0.05) is 46.0 Å². The van der Waals surface area contributed by atoms with Crippen LogP contribution in [-0.2, 0) is 0 Å². The highest BCUT2D eigenvalue weighted by molar-refractivity contribution is 7.26. The molecule has 4 N–H and O–H groups in total. The summed E-state index contributed by atoms with van der Waals surface area (Å²) in [4.78, 5) is 0. The Kier molecular flexibility index (Phi) is 7.36. The van der Waals surface area contributed by atoms with Gasteiger partial charge in [-0.1, -0.05) is 115 Å². The average Bonchev–Trinajstić information content (AvgIpc) is 3.74. The summed E-state index contributed by atoms with van der Waals surface area (Å²) < 4.78 is 5.15. The maximum atomic E-state index is 7.06. The van der Waals surface area contributed by atoms with Crippen molar-refractivity contribution < 1.29 is 0 Å². The Labute approximate surface area is 293 Å². The summed E-state index contributed by atoms with van der Waals surface area (Å²) in [7, 11) is 0. The zero-order valence-electron chi connectivity index (χ0n) is 26.6. The molecule has 7 aromatic carbocycles. The van der Waals surface area contributed by atoms with Gasteiger partial charge in [0.1, 0.15) is 0 Å². The van der Waals surface area contributed by atoms with E-state index in [4.69, 9.17) is 11.5 Å². The Balaban J connectivity index is 1.21. The highest BCUT2D eigenvalue weighted by Crippen LogP contribution is 2.44. The molecule has 234 valence electrons. The van der Waals surface area contributed by atoms with Crippen molar-refractivity contribution in [1.82, 2.24) is 0 Å². The number of nitrogens with two attached hydrogens (primary N) is 2. The first-order valence-electron chi connectivity index (χ1n) is 16.5. The van der Waals surface area contributed by atoms with Gasteiger partial charge in [-0.25, -0.2) is 0 Å². The predicted octanol–water partition coefficient (Wildman–Crippen LogP) is 12.4. The molecule has 0 aliphatic carbocycles. The van der Waals surface area contributed by atoms with E-state index in [1.165, 1.54) is 57.0 Å². The van der Waals surface area contributed by atoms with Crippen LogP contribution in [0.3, 0.4) is 0 Å². The Morgan fingerprint density at radius 2 is 0.959 bits per heavy atom. The van der Waals surface area contributed by atoms with Crippen LogP contribution in [-0.4, -0.2) is 0 Å². The molecular weight excluding hydrogens is 633 g/mol. The number of rotatable bonds is 6. The summed E-state index contributed by atoms with van der Waals surface area (Å²) in [6.45, 7) is 0. The first-order valence-corrected chi connectivity index (χ1v) is 18.1. The molecule has 9 aromatic rings. The van der Waals surface area contributed by atoms with Crippen molar-refractivity contribution in [2.24, 2.45) is 11.5 Å². The van der Waals surface area contributed by atoms with Crippen molar-refractivity contribution in [2.45, 2.75) is 6.04 Å². The van der Waals surface area contributed by atoms with Crippen LogP contribution in [0.25, 0.3) is 79.4 Å². The average molecular weight is 665 g/mol. The van der Waals surface area contributed by atoms with E-state index >= 15 is 0 Å². The highest BCUT2D eigenvalue weighted by atomic mass is 32.1. The molecule has 0 bridgehead atoms. The maximum Gasteiger partial charge on any atom is 0.0504 e. The second-order valence-electron chi connectivity index (χ2n) is 12.5. The maximum absolute atomic E-state index is 7.06. The van der Waals surface area contributed by atoms with Gasteiger partial charge in [-0.3, -0.25) is 0 Å². The first-order chi connectivity index (χ1) is 24.1. The number of hydrogen-bond acceptors (Lipinski definition) is 4. The Morgan fingerprint density at radius 3 is 1.53 bits per heavy atom. The van der Waals surface area contributed by atoms with E-state index in [2.05, 4.69) is 152 Å². The van der Waals surface area contributed by atoms with E-state index in [1.807, 2.05) is 34.8 Å². The summed E-state index contributed by atoms with van der Waals surface area (Å²) >= 11 is 3.68. The van der Waals surface area contributed by atoms with Gasteiger partial charge in [-0.2, -0.15) is 0 Å².